The number of anilines is 1. The van der Waals surface area contributed by atoms with Crippen molar-refractivity contribution in [2.45, 2.75) is 39.2 Å². The van der Waals surface area contributed by atoms with E-state index in [4.69, 9.17) is 9.47 Å². The highest BCUT2D eigenvalue weighted by Gasteiger charge is 2.18. The quantitative estimate of drug-likeness (QED) is 0.441. The Balaban J connectivity index is 1.64. The van der Waals surface area contributed by atoms with Crippen molar-refractivity contribution in [3.05, 3.63) is 40.9 Å². The number of ether oxygens (including phenoxy) is 2. The van der Waals surface area contributed by atoms with Crippen LogP contribution in [0.5, 0.6) is 5.88 Å². The summed E-state index contributed by atoms with van der Waals surface area (Å²) in [5, 5.41) is 2.97. The molecule has 0 aliphatic carbocycles. The van der Waals surface area contributed by atoms with Gasteiger partial charge in [0.2, 0.25) is 11.8 Å². The number of nitrogens with one attached hydrogen (secondary N) is 1. The van der Waals surface area contributed by atoms with E-state index in [1.165, 1.54) is 0 Å². The maximum absolute atomic E-state index is 13.4. The van der Waals surface area contributed by atoms with E-state index in [-0.39, 0.29) is 23.8 Å². The number of carbonyl (C=O) groups excluding carboxylic acids is 1. The van der Waals surface area contributed by atoms with Gasteiger partial charge in [0.1, 0.15) is 5.52 Å². The minimum atomic E-state index is -0.297. The van der Waals surface area contributed by atoms with Gasteiger partial charge in [0.25, 0.3) is 5.56 Å². The minimum Gasteiger partial charge on any atom is -0.481 e. The number of piperidine rings is 1. The van der Waals surface area contributed by atoms with Crippen LogP contribution in [0.2, 0.25) is 0 Å². The number of methoxy groups -OCH3 is 1. The van der Waals surface area contributed by atoms with Gasteiger partial charge in [0.05, 0.1) is 37.7 Å². The van der Waals surface area contributed by atoms with Crippen LogP contribution >= 0.6 is 0 Å². The zero-order valence-electron chi connectivity index (χ0n) is 20.3. The van der Waals surface area contributed by atoms with E-state index in [1.807, 2.05) is 24.0 Å². The second-order valence-electron chi connectivity index (χ2n) is 8.47. The minimum absolute atomic E-state index is 0.0238. The molecule has 0 atom stereocenters. The van der Waals surface area contributed by atoms with Crippen molar-refractivity contribution in [3.63, 3.8) is 0 Å². The molecule has 4 heterocycles. The Labute approximate surface area is 204 Å². The van der Waals surface area contributed by atoms with E-state index in [0.29, 0.717) is 42.4 Å². The molecular formula is C25H32N6O4. The van der Waals surface area contributed by atoms with Gasteiger partial charge in [-0.3, -0.25) is 14.6 Å². The standard InChI is InChI=1S/C25H32N6O4/c1-3-12-35-13-11-31-21-14-19(18-7-8-22(34-2)27-15-18)26-16-20(21)29-24(25(31)33)28-17-23(32)30-9-5-4-6-10-30/h7-8,14-16H,3-6,9-13,17H2,1-2H3,(H,28,29). The van der Waals surface area contributed by atoms with Gasteiger partial charge in [-0.1, -0.05) is 6.92 Å². The van der Waals surface area contributed by atoms with Crippen molar-refractivity contribution in [2.75, 3.05) is 45.3 Å². The summed E-state index contributed by atoms with van der Waals surface area (Å²) in [5.41, 5.74) is 2.36. The third-order valence-electron chi connectivity index (χ3n) is 6.00. The summed E-state index contributed by atoms with van der Waals surface area (Å²) in [4.78, 5) is 41.1. The molecule has 1 saturated heterocycles. The topological polar surface area (TPSA) is 111 Å². The predicted molar refractivity (Wildman–Crippen MR) is 134 cm³/mol. The van der Waals surface area contributed by atoms with Crippen LogP contribution < -0.4 is 15.6 Å². The van der Waals surface area contributed by atoms with Crippen molar-refractivity contribution in [1.82, 2.24) is 24.4 Å². The van der Waals surface area contributed by atoms with Crippen LogP contribution in [-0.2, 0) is 16.1 Å². The normalized spacial score (nSPS) is 13.7. The molecule has 0 unspecified atom stereocenters. The molecule has 0 aromatic carbocycles. The van der Waals surface area contributed by atoms with E-state index in [1.54, 1.807) is 30.1 Å². The Morgan fingerprint density at radius 1 is 1.11 bits per heavy atom. The Bertz CT molecular complexity index is 1210. The van der Waals surface area contributed by atoms with Crippen LogP contribution in [-0.4, -0.2) is 70.3 Å². The van der Waals surface area contributed by atoms with Gasteiger partial charge in [-0.15, -0.1) is 0 Å². The Hall–Kier alpha value is -3.53. The van der Waals surface area contributed by atoms with Crippen molar-refractivity contribution >= 4 is 22.8 Å². The van der Waals surface area contributed by atoms with E-state index >= 15 is 0 Å². The molecule has 35 heavy (non-hydrogen) atoms. The van der Waals surface area contributed by atoms with Gasteiger partial charge in [0.15, 0.2) is 5.82 Å². The van der Waals surface area contributed by atoms with E-state index in [2.05, 4.69) is 20.3 Å². The first-order valence-corrected chi connectivity index (χ1v) is 12.1. The average molecular weight is 481 g/mol. The lowest BCUT2D eigenvalue weighted by atomic mass is 10.1. The fraction of sp³-hybridized carbons (Fsp3) is 0.480. The number of hydrogen-bond acceptors (Lipinski definition) is 8. The summed E-state index contributed by atoms with van der Waals surface area (Å²) >= 11 is 0. The maximum atomic E-state index is 13.4. The molecule has 186 valence electrons. The first-order valence-electron chi connectivity index (χ1n) is 12.1. The highest BCUT2D eigenvalue weighted by atomic mass is 16.5. The Morgan fingerprint density at radius 2 is 1.94 bits per heavy atom. The Morgan fingerprint density at radius 3 is 2.66 bits per heavy atom. The zero-order chi connectivity index (χ0) is 24.6. The van der Waals surface area contributed by atoms with Crippen LogP contribution in [0, 0.1) is 0 Å². The van der Waals surface area contributed by atoms with Crippen LogP contribution in [0.3, 0.4) is 0 Å². The molecule has 0 saturated carbocycles. The van der Waals surface area contributed by atoms with Gasteiger partial charge in [0, 0.05) is 44.1 Å². The molecule has 10 nitrogen and oxygen atoms in total. The fourth-order valence-corrected chi connectivity index (χ4v) is 4.11. The lowest BCUT2D eigenvalue weighted by Crippen LogP contribution is -2.40. The molecule has 1 amide bonds. The predicted octanol–water partition coefficient (Wildman–Crippen LogP) is 2.71. The van der Waals surface area contributed by atoms with Crippen molar-refractivity contribution in [1.29, 1.82) is 0 Å². The third-order valence-corrected chi connectivity index (χ3v) is 6.00. The summed E-state index contributed by atoms with van der Waals surface area (Å²) in [5.74, 6) is 0.624. The number of hydrogen-bond donors (Lipinski definition) is 1. The molecule has 1 aliphatic rings. The number of aromatic nitrogens is 4. The maximum Gasteiger partial charge on any atom is 0.293 e. The van der Waals surface area contributed by atoms with E-state index in [0.717, 1.165) is 44.3 Å². The van der Waals surface area contributed by atoms with E-state index < -0.39 is 0 Å². The molecule has 1 aliphatic heterocycles. The van der Waals surface area contributed by atoms with Crippen LogP contribution in [0.15, 0.2) is 35.4 Å². The van der Waals surface area contributed by atoms with E-state index in [9.17, 15) is 9.59 Å². The highest BCUT2D eigenvalue weighted by Crippen LogP contribution is 2.22. The zero-order valence-corrected chi connectivity index (χ0v) is 20.3. The molecule has 1 N–H and O–H groups in total. The number of likely N-dealkylation sites (tertiary alicyclic amines) is 1. The highest BCUT2D eigenvalue weighted by molar-refractivity contribution is 5.82. The molecule has 0 radical (unpaired) electrons. The van der Waals surface area contributed by atoms with Crippen molar-refractivity contribution < 1.29 is 14.3 Å². The van der Waals surface area contributed by atoms with Gasteiger partial charge >= 0.3 is 0 Å². The molecule has 3 aromatic heterocycles. The molecule has 1 fully saturated rings. The largest absolute Gasteiger partial charge is 0.481 e. The molecular weight excluding hydrogens is 448 g/mol. The van der Waals surface area contributed by atoms with Crippen molar-refractivity contribution in [2.24, 2.45) is 0 Å². The molecule has 3 aromatic rings. The second kappa shape index (κ2) is 11.7. The monoisotopic (exact) mass is 480 g/mol. The van der Waals surface area contributed by atoms with Crippen LogP contribution in [0.4, 0.5) is 5.82 Å². The number of amides is 1. The van der Waals surface area contributed by atoms with Gasteiger partial charge < -0.3 is 24.3 Å². The summed E-state index contributed by atoms with van der Waals surface area (Å²) in [6.07, 6.45) is 7.39. The summed E-state index contributed by atoms with van der Waals surface area (Å²) < 4.78 is 12.4. The number of pyridine rings is 2. The van der Waals surface area contributed by atoms with Crippen LogP contribution in [0.1, 0.15) is 32.6 Å². The van der Waals surface area contributed by atoms with Crippen molar-refractivity contribution in [3.8, 4) is 17.1 Å². The lowest BCUT2D eigenvalue weighted by Gasteiger charge is -2.26. The third kappa shape index (κ3) is 5.94. The van der Waals surface area contributed by atoms with Gasteiger partial charge in [-0.2, -0.15) is 0 Å². The number of nitrogens with zero attached hydrogens (tertiary/aromatic N) is 5. The average Bonchev–Trinajstić information content (AvgIpc) is 2.91. The SMILES string of the molecule is CCCOCCn1c(=O)c(NCC(=O)N2CCCCC2)nc2cnc(-c3ccc(OC)nc3)cc21. The summed E-state index contributed by atoms with van der Waals surface area (Å²) in [6.45, 7) is 4.96. The summed E-state index contributed by atoms with van der Waals surface area (Å²) in [6, 6.07) is 5.45. The Kier molecular flexibility index (Phi) is 8.25. The second-order valence-corrected chi connectivity index (χ2v) is 8.47. The lowest BCUT2D eigenvalue weighted by molar-refractivity contribution is -0.130. The number of carbonyl (C=O) groups is 1. The van der Waals surface area contributed by atoms with Gasteiger partial charge in [-0.25, -0.2) is 9.97 Å². The number of fused-ring (bicyclic) bond motifs is 1. The summed E-state index contributed by atoms with van der Waals surface area (Å²) in [7, 11) is 1.56. The smallest absolute Gasteiger partial charge is 0.293 e. The fourth-order valence-electron chi connectivity index (χ4n) is 4.11. The van der Waals surface area contributed by atoms with Gasteiger partial charge in [-0.05, 0) is 37.8 Å². The number of rotatable bonds is 10. The molecule has 10 heteroatoms. The molecule has 0 spiro atoms. The molecule has 4 rings (SSSR count). The first kappa shape index (κ1) is 24.6. The molecule has 0 bridgehead atoms. The van der Waals surface area contributed by atoms with Crippen LogP contribution in [0.25, 0.3) is 22.3 Å². The first-order chi connectivity index (χ1) is 17.1.